The Balaban J connectivity index is 1.33. The third kappa shape index (κ3) is 3.41. The molecule has 1 aromatic carbocycles. The lowest BCUT2D eigenvalue weighted by Gasteiger charge is -2.16. The second kappa shape index (κ2) is 6.54. The van der Waals surface area contributed by atoms with Gasteiger partial charge in [0.15, 0.2) is 0 Å². The summed E-state index contributed by atoms with van der Waals surface area (Å²) in [7, 11) is 3.63. The van der Waals surface area contributed by atoms with Crippen molar-refractivity contribution in [3.63, 3.8) is 0 Å². The molecule has 0 radical (unpaired) electrons. The maximum absolute atomic E-state index is 12.8. The van der Waals surface area contributed by atoms with Gasteiger partial charge in [0.2, 0.25) is 5.91 Å². The second-order valence-electron chi connectivity index (χ2n) is 7.39. The van der Waals surface area contributed by atoms with E-state index in [1.807, 2.05) is 30.1 Å². The molecular formula is C20H25N3O2. The zero-order valence-electron chi connectivity index (χ0n) is 14.9. The molecule has 3 atom stereocenters. The van der Waals surface area contributed by atoms with Gasteiger partial charge >= 0.3 is 0 Å². The Morgan fingerprint density at radius 3 is 3.04 bits per heavy atom. The highest BCUT2D eigenvalue weighted by molar-refractivity contribution is 5.83. The number of amides is 1. The van der Waals surface area contributed by atoms with E-state index in [4.69, 9.17) is 4.74 Å². The van der Waals surface area contributed by atoms with Crippen molar-refractivity contribution in [2.24, 2.45) is 18.9 Å². The van der Waals surface area contributed by atoms with Crippen LogP contribution in [-0.4, -0.2) is 40.8 Å². The summed E-state index contributed by atoms with van der Waals surface area (Å²) in [5, 5.41) is 4.23. The van der Waals surface area contributed by atoms with Crippen LogP contribution in [0.2, 0.25) is 0 Å². The van der Waals surface area contributed by atoms with E-state index >= 15 is 0 Å². The van der Waals surface area contributed by atoms with E-state index in [0.29, 0.717) is 17.7 Å². The summed E-state index contributed by atoms with van der Waals surface area (Å²) in [5.41, 5.74) is 2.49. The first-order chi connectivity index (χ1) is 12.1. The lowest BCUT2D eigenvalue weighted by atomic mass is 10.0. The van der Waals surface area contributed by atoms with Crippen molar-refractivity contribution in [3.05, 3.63) is 47.8 Å². The van der Waals surface area contributed by atoms with Gasteiger partial charge in [0.05, 0.1) is 13.3 Å². The van der Waals surface area contributed by atoms with E-state index in [9.17, 15) is 4.79 Å². The van der Waals surface area contributed by atoms with Crippen molar-refractivity contribution in [1.29, 1.82) is 0 Å². The molecule has 25 heavy (non-hydrogen) atoms. The molecule has 5 heteroatoms. The molecule has 1 saturated carbocycles. The molecule has 0 spiro atoms. The molecule has 2 aromatic rings. The minimum absolute atomic E-state index is 0.157. The fourth-order valence-corrected chi connectivity index (χ4v) is 4.05. The number of aromatic nitrogens is 2. The third-order valence-corrected chi connectivity index (χ3v) is 5.51. The zero-order chi connectivity index (χ0) is 17.4. The van der Waals surface area contributed by atoms with Gasteiger partial charge < -0.3 is 9.64 Å². The first-order valence-electron chi connectivity index (χ1n) is 9.04. The van der Waals surface area contributed by atoms with Crippen LogP contribution in [0, 0.1) is 11.8 Å². The summed E-state index contributed by atoms with van der Waals surface area (Å²) in [5.74, 6) is 2.28. The van der Waals surface area contributed by atoms with Crippen molar-refractivity contribution in [3.8, 4) is 5.75 Å². The first-order valence-corrected chi connectivity index (χ1v) is 9.04. The molecule has 0 N–H and O–H groups in total. The second-order valence-corrected chi connectivity index (χ2v) is 7.39. The molecule has 0 bridgehead atoms. The summed E-state index contributed by atoms with van der Waals surface area (Å²) in [6, 6.07) is 8.13. The predicted octanol–water partition coefficient (Wildman–Crippen LogP) is 2.62. The number of aryl methyl sites for hydroxylation is 1. The van der Waals surface area contributed by atoms with Gasteiger partial charge in [0.25, 0.3) is 0 Å². The molecule has 132 valence electrons. The molecule has 2 heterocycles. The average Bonchev–Trinajstić information content (AvgIpc) is 3.12. The third-order valence-electron chi connectivity index (χ3n) is 5.51. The van der Waals surface area contributed by atoms with Crippen LogP contribution < -0.4 is 4.74 Å². The maximum atomic E-state index is 12.8. The average molecular weight is 339 g/mol. The van der Waals surface area contributed by atoms with E-state index in [1.165, 1.54) is 11.1 Å². The summed E-state index contributed by atoms with van der Waals surface area (Å²) >= 11 is 0. The van der Waals surface area contributed by atoms with Crippen molar-refractivity contribution < 1.29 is 9.53 Å². The number of benzene rings is 1. The minimum Gasteiger partial charge on any atom is -0.497 e. The molecule has 1 aromatic heterocycles. The van der Waals surface area contributed by atoms with Crippen molar-refractivity contribution in [2.45, 2.75) is 25.2 Å². The van der Waals surface area contributed by atoms with Crippen LogP contribution in [0.25, 0.3) is 0 Å². The van der Waals surface area contributed by atoms with E-state index in [0.717, 1.165) is 38.1 Å². The molecule has 5 nitrogen and oxygen atoms in total. The summed E-state index contributed by atoms with van der Waals surface area (Å²) in [6.07, 6.45) is 7.09. The summed E-state index contributed by atoms with van der Waals surface area (Å²) in [4.78, 5) is 14.9. The molecule has 4 rings (SSSR count). The molecule has 0 unspecified atom stereocenters. The van der Waals surface area contributed by atoms with Crippen LogP contribution in [0.1, 0.15) is 29.9 Å². The van der Waals surface area contributed by atoms with Crippen LogP contribution in [0.15, 0.2) is 36.7 Å². The van der Waals surface area contributed by atoms with Gasteiger partial charge in [-0.15, -0.1) is 0 Å². The van der Waals surface area contributed by atoms with Crippen LogP contribution in [0.5, 0.6) is 5.75 Å². The molecule has 1 aliphatic heterocycles. The summed E-state index contributed by atoms with van der Waals surface area (Å²) in [6.45, 7) is 1.78. The van der Waals surface area contributed by atoms with Gasteiger partial charge in [-0.1, -0.05) is 12.1 Å². The van der Waals surface area contributed by atoms with Crippen molar-refractivity contribution >= 4 is 5.91 Å². The van der Waals surface area contributed by atoms with Crippen LogP contribution in [0.3, 0.4) is 0 Å². The molecule has 2 aliphatic rings. The number of nitrogens with zero attached hydrogens (tertiary/aromatic N) is 3. The highest BCUT2D eigenvalue weighted by Crippen LogP contribution is 2.49. The number of carbonyl (C=O) groups is 1. The number of carbonyl (C=O) groups excluding carboxylic acids is 1. The monoisotopic (exact) mass is 339 g/mol. The Bertz CT molecular complexity index is 770. The van der Waals surface area contributed by atoms with Gasteiger partial charge in [-0.05, 0) is 54.4 Å². The van der Waals surface area contributed by atoms with Gasteiger partial charge in [-0.25, -0.2) is 0 Å². The molecular weight excluding hydrogens is 314 g/mol. The van der Waals surface area contributed by atoms with E-state index in [2.05, 4.69) is 28.3 Å². The Morgan fingerprint density at radius 1 is 1.40 bits per heavy atom. The zero-order valence-corrected chi connectivity index (χ0v) is 14.9. The molecule has 1 aliphatic carbocycles. The molecule has 2 fully saturated rings. The Kier molecular flexibility index (Phi) is 4.24. The van der Waals surface area contributed by atoms with E-state index in [1.54, 1.807) is 7.11 Å². The smallest absolute Gasteiger partial charge is 0.226 e. The number of methoxy groups -OCH3 is 1. The molecule has 1 saturated heterocycles. The van der Waals surface area contributed by atoms with Gasteiger partial charge in [-0.3, -0.25) is 9.48 Å². The highest BCUT2D eigenvalue weighted by atomic mass is 16.5. The first kappa shape index (κ1) is 16.2. The Morgan fingerprint density at radius 2 is 2.28 bits per heavy atom. The molecule has 1 amide bonds. The Labute approximate surface area is 148 Å². The van der Waals surface area contributed by atoms with Gasteiger partial charge in [-0.2, -0.15) is 5.10 Å². The fraction of sp³-hybridized carbons (Fsp3) is 0.500. The number of likely N-dealkylation sites (tertiary alicyclic amines) is 1. The number of hydrogen-bond acceptors (Lipinski definition) is 3. The van der Waals surface area contributed by atoms with Crippen LogP contribution in [-0.2, 0) is 18.3 Å². The lowest BCUT2D eigenvalue weighted by molar-refractivity contribution is -0.131. The summed E-state index contributed by atoms with van der Waals surface area (Å²) < 4.78 is 7.14. The lowest BCUT2D eigenvalue weighted by Crippen LogP contribution is -2.30. The van der Waals surface area contributed by atoms with Gasteiger partial charge in [0.1, 0.15) is 5.75 Å². The Hall–Kier alpha value is -2.30. The quantitative estimate of drug-likeness (QED) is 0.841. The van der Waals surface area contributed by atoms with Crippen molar-refractivity contribution in [2.75, 3.05) is 20.2 Å². The SMILES string of the molecule is COc1cccc([C@@H]2C[C@@H]2C(=O)N2CC[C@@H](Cc3cnn(C)c3)C2)c1. The maximum Gasteiger partial charge on any atom is 0.226 e. The van der Waals surface area contributed by atoms with Crippen LogP contribution >= 0.6 is 0 Å². The van der Waals surface area contributed by atoms with Crippen molar-refractivity contribution in [1.82, 2.24) is 14.7 Å². The topological polar surface area (TPSA) is 47.4 Å². The fourth-order valence-electron chi connectivity index (χ4n) is 4.05. The largest absolute Gasteiger partial charge is 0.497 e. The van der Waals surface area contributed by atoms with E-state index < -0.39 is 0 Å². The van der Waals surface area contributed by atoms with Crippen LogP contribution in [0.4, 0.5) is 0 Å². The normalized spacial score (nSPS) is 25.2. The number of hydrogen-bond donors (Lipinski definition) is 0. The predicted molar refractivity (Wildman–Crippen MR) is 95.4 cm³/mol. The minimum atomic E-state index is 0.157. The van der Waals surface area contributed by atoms with E-state index in [-0.39, 0.29) is 5.92 Å². The number of rotatable bonds is 5. The number of ether oxygens (including phenoxy) is 1. The standard InChI is InChI=1S/C20H25N3O2/c1-22-12-15(11-21-22)8-14-6-7-23(13-14)20(24)19-10-18(19)16-4-3-5-17(9-16)25-2/h3-5,9,11-12,14,18-19H,6-8,10,13H2,1-2H3/t14-,18-,19-/m0/s1. The van der Waals surface area contributed by atoms with Gasteiger partial charge in [0, 0.05) is 32.3 Å². The highest BCUT2D eigenvalue weighted by Gasteiger charge is 2.46.